The average Bonchev–Trinajstić information content (AvgIpc) is 3.39. The van der Waals surface area contributed by atoms with Crippen LogP contribution in [-0.2, 0) is 4.79 Å². The number of aryl methyl sites for hydroxylation is 2. The van der Waals surface area contributed by atoms with Crippen LogP contribution in [0.25, 0.3) is 16.4 Å². The maximum atomic E-state index is 12.5. The minimum atomic E-state index is -0.0966. The molecule has 2 aromatic heterocycles. The number of rotatable bonds is 6. The number of thioether (sulfide) groups is 1. The van der Waals surface area contributed by atoms with Crippen molar-refractivity contribution in [1.29, 1.82) is 0 Å². The molecular formula is C22H19BrN4OS2. The highest BCUT2D eigenvalue weighted by atomic mass is 79.9. The summed E-state index contributed by atoms with van der Waals surface area (Å²) in [7, 11) is 0. The molecule has 2 aromatic carbocycles. The highest BCUT2D eigenvalue weighted by molar-refractivity contribution is 9.10. The van der Waals surface area contributed by atoms with Gasteiger partial charge in [-0.3, -0.25) is 9.36 Å². The number of hydrogen-bond donors (Lipinski definition) is 1. The molecule has 152 valence electrons. The van der Waals surface area contributed by atoms with E-state index >= 15 is 0 Å². The van der Waals surface area contributed by atoms with E-state index < -0.39 is 0 Å². The molecule has 0 saturated heterocycles. The number of halogens is 1. The molecule has 0 fully saturated rings. The van der Waals surface area contributed by atoms with Crippen LogP contribution in [0, 0.1) is 13.8 Å². The van der Waals surface area contributed by atoms with Crippen LogP contribution in [0.2, 0.25) is 0 Å². The molecule has 0 aliphatic rings. The molecule has 0 atom stereocenters. The van der Waals surface area contributed by atoms with E-state index in [1.807, 2.05) is 59.3 Å². The fourth-order valence-electron chi connectivity index (χ4n) is 2.89. The molecule has 0 aliphatic carbocycles. The topological polar surface area (TPSA) is 59.8 Å². The minimum absolute atomic E-state index is 0.0966. The van der Waals surface area contributed by atoms with Crippen molar-refractivity contribution in [3.05, 3.63) is 75.6 Å². The van der Waals surface area contributed by atoms with Crippen molar-refractivity contribution in [1.82, 2.24) is 14.8 Å². The van der Waals surface area contributed by atoms with Gasteiger partial charge < -0.3 is 5.32 Å². The summed E-state index contributed by atoms with van der Waals surface area (Å²) < 4.78 is 2.87. The van der Waals surface area contributed by atoms with Crippen LogP contribution in [0.15, 0.2) is 69.6 Å². The first kappa shape index (κ1) is 20.8. The molecule has 8 heteroatoms. The molecule has 5 nitrogen and oxygen atoms in total. The van der Waals surface area contributed by atoms with Crippen LogP contribution in [0.3, 0.4) is 0 Å². The van der Waals surface area contributed by atoms with E-state index in [9.17, 15) is 4.79 Å². The minimum Gasteiger partial charge on any atom is -0.324 e. The van der Waals surface area contributed by atoms with Crippen molar-refractivity contribution >= 4 is 50.6 Å². The summed E-state index contributed by atoms with van der Waals surface area (Å²) in [5.74, 6) is 0.910. The number of benzene rings is 2. The smallest absolute Gasteiger partial charge is 0.234 e. The lowest BCUT2D eigenvalue weighted by Crippen LogP contribution is -2.15. The molecule has 0 spiro atoms. The number of nitrogens with zero attached hydrogens (tertiary/aromatic N) is 3. The van der Waals surface area contributed by atoms with E-state index in [0.29, 0.717) is 5.16 Å². The summed E-state index contributed by atoms with van der Waals surface area (Å²) >= 11 is 6.48. The molecule has 0 radical (unpaired) electrons. The third-order valence-electron chi connectivity index (χ3n) is 4.40. The normalized spacial score (nSPS) is 10.9. The van der Waals surface area contributed by atoms with E-state index in [0.717, 1.165) is 32.1 Å². The van der Waals surface area contributed by atoms with Crippen molar-refractivity contribution in [2.75, 3.05) is 11.1 Å². The SMILES string of the molecule is Cc1ccc(-n2c(SCC(=O)Nc3ccc(C)cc3Br)nnc2-c2cccs2)cc1. The zero-order chi connectivity index (χ0) is 21.1. The summed E-state index contributed by atoms with van der Waals surface area (Å²) in [6.45, 7) is 4.06. The maximum Gasteiger partial charge on any atom is 0.234 e. The van der Waals surface area contributed by atoms with Gasteiger partial charge in [0.25, 0.3) is 0 Å². The van der Waals surface area contributed by atoms with Crippen LogP contribution < -0.4 is 5.32 Å². The predicted molar refractivity (Wildman–Crippen MR) is 128 cm³/mol. The van der Waals surface area contributed by atoms with Crippen molar-refractivity contribution in [3.8, 4) is 16.4 Å². The van der Waals surface area contributed by atoms with Crippen molar-refractivity contribution in [2.45, 2.75) is 19.0 Å². The van der Waals surface area contributed by atoms with Gasteiger partial charge in [0.1, 0.15) is 0 Å². The summed E-state index contributed by atoms with van der Waals surface area (Å²) in [5, 5.41) is 14.4. The van der Waals surface area contributed by atoms with Crippen LogP contribution in [-0.4, -0.2) is 26.4 Å². The molecule has 4 aromatic rings. The Balaban J connectivity index is 1.56. The summed E-state index contributed by atoms with van der Waals surface area (Å²) in [4.78, 5) is 13.6. The molecule has 0 unspecified atom stereocenters. The molecule has 0 aliphatic heterocycles. The Labute approximate surface area is 191 Å². The standard InChI is InChI=1S/C22H19BrN4OS2/c1-14-5-8-16(9-6-14)27-21(19-4-3-11-29-19)25-26-22(27)30-13-20(28)24-18-10-7-15(2)12-17(18)23/h3-12H,13H2,1-2H3,(H,24,28). The second-order valence-electron chi connectivity index (χ2n) is 6.77. The first-order valence-electron chi connectivity index (χ1n) is 9.26. The number of aromatic nitrogens is 3. The number of carbonyl (C=O) groups excluding carboxylic acids is 1. The van der Waals surface area contributed by atoms with Crippen molar-refractivity contribution in [3.63, 3.8) is 0 Å². The molecular weight excluding hydrogens is 480 g/mol. The molecule has 0 saturated carbocycles. The monoisotopic (exact) mass is 498 g/mol. The second-order valence-corrected chi connectivity index (χ2v) is 9.52. The number of carbonyl (C=O) groups is 1. The van der Waals surface area contributed by atoms with Gasteiger partial charge in [0.15, 0.2) is 11.0 Å². The van der Waals surface area contributed by atoms with Gasteiger partial charge in [-0.25, -0.2) is 0 Å². The zero-order valence-electron chi connectivity index (χ0n) is 16.4. The predicted octanol–water partition coefficient (Wildman–Crippen LogP) is 6.11. The van der Waals surface area contributed by atoms with Gasteiger partial charge in [-0.1, -0.05) is 41.6 Å². The van der Waals surface area contributed by atoms with E-state index in [4.69, 9.17) is 0 Å². The van der Waals surface area contributed by atoms with Crippen molar-refractivity contribution in [2.24, 2.45) is 0 Å². The molecule has 4 rings (SSSR count). The van der Waals surface area contributed by atoms with E-state index in [-0.39, 0.29) is 11.7 Å². The third-order valence-corrected chi connectivity index (χ3v) is 6.85. The number of nitrogens with one attached hydrogen (secondary N) is 1. The Kier molecular flexibility index (Phi) is 6.36. The Bertz CT molecular complexity index is 1170. The summed E-state index contributed by atoms with van der Waals surface area (Å²) in [6.07, 6.45) is 0. The van der Waals surface area contributed by atoms with Crippen molar-refractivity contribution < 1.29 is 4.79 Å². The first-order valence-corrected chi connectivity index (χ1v) is 11.9. The Morgan fingerprint density at radius 1 is 1.10 bits per heavy atom. The molecule has 30 heavy (non-hydrogen) atoms. The third kappa shape index (κ3) is 4.66. The number of amides is 1. The second kappa shape index (κ2) is 9.16. The Morgan fingerprint density at radius 2 is 1.87 bits per heavy atom. The van der Waals surface area contributed by atoms with Gasteiger partial charge in [0.2, 0.25) is 5.91 Å². The van der Waals surface area contributed by atoms with E-state index in [1.54, 1.807) is 11.3 Å². The molecule has 0 bridgehead atoms. The van der Waals surface area contributed by atoms with Gasteiger partial charge in [0.05, 0.1) is 16.3 Å². The average molecular weight is 499 g/mol. The Hall–Kier alpha value is -2.42. The highest BCUT2D eigenvalue weighted by Gasteiger charge is 2.18. The lowest BCUT2D eigenvalue weighted by molar-refractivity contribution is -0.113. The molecule has 1 amide bonds. The molecule has 2 heterocycles. The zero-order valence-corrected chi connectivity index (χ0v) is 19.6. The Morgan fingerprint density at radius 3 is 2.57 bits per heavy atom. The fraction of sp³-hybridized carbons (Fsp3) is 0.136. The van der Waals surface area contributed by atoms with E-state index in [2.05, 4.69) is 50.5 Å². The largest absolute Gasteiger partial charge is 0.324 e. The first-order chi connectivity index (χ1) is 14.5. The quantitative estimate of drug-likeness (QED) is 0.326. The lowest BCUT2D eigenvalue weighted by Gasteiger charge is -2.11. The van der Waals surface area contributed by atoms with Gasteiger partial charge in [-0.2, -0.15) is 0 Å². The van der Waals surface area contributed by atoms with Crippen LogP contribution in [0.1, 0.15) is 11.1 Å². The van der Waals surface area contributed by atoms with Gasteiger partial charge in [-0.05, 0) is 71.1 Å². The van der Waals surface area contributed by atoms with Gasteiger partial charge >= 0.3 is 0 Å². The lowest BCUT2D eigenvalue weighted by atomic mass is 10.2. The summed E-state index contributed by atoms with van der Waals surface area (Å²) in [6, 6.07) is 18.1. The van der Waals surface area contributed by atoms with Gasteiger partial charge in [0, 0.05) is 10.2 Å². The summed E-state index contributed by atoms with van der Waals surface area (Å²) in [5.41, 5.74) is 4.03. The highest BCUT2D eigenvalue weighted by Crippen LogP contribution is 2.31. The van der Waals surface area contributed by atoms with Crippen LogP contribution in [0.5, 0.6) is 0 Å². The fourth-order valence-corrected chi connectivity index (χ4v) is 4.94. The maximum absolute atomic E-state index is 12.5. The van der Waals surface area contributed by atoms with Crippen LogP contribution >= 0.6 is 39.0 Å². The number of anilines is 1. The molecule has 1 N–H and O–H groups in total. The number of thiophene rings is 1. The number of hydrogen-bond acceptors (Lipinski definition) is 5. The van der Waals surface area contributed by atoms with Crippen LogP contribution in [0.4, 0.5) is 5.69 Å². The van der Waals surface area contributed by atoms with E-state index in [1.165, 1.54) is 17.3 Å². The van der Waals surface area contributed by atoms with Gasteiger partial charge in [-0.15, -0.1) is 21.5 Å².